The second kappa shape index (κ2) is 17.1. The van der Waals surface area contributed by atoms with E-state index >= 15 is 0 Å². The molecule has 3 nitrogen and oxygen atoms in total. The zero-order chi connectivity index (χ0) is 27.8. The van der Waals surface area contributed by atoms with Crippen molar-refractivity contribution in [3.63, 3.8) is 0 Å². The summed E-state index contributed by atoms with van der Waals surface area (Å²) in [5.74, 6) is -0.278. The number of aromatic nitrogens is 1. The molecule has 1 heterocycles. The summed E-state index contributed by atoms with van der Waals surface area (Å²) in [6, 6.07) is 10.3. The van der Waals surface area contributed by atoms with Crippen LogP contribution >= 0.6 is 0 Å². The molecule has 0 saturated carbocycles. The minimum atomic E-state index is -0.278. The third-order valence-corrected chi connectivity index (χ3v) is 5.63. The fraction of sp³-hybridized carbons (Fsp3) is 0.312. The van der Waals surface area contributed by atoms with E-state index in [1.807, 2.05) is 45.2 Å². The average Bonchev–Trinajstić information content (AvgIpc) is 2.88. The average molecular weight is 499 g/mol. The van der Waals surface area contributed by atoms with E-state index in [-0.39, 0.29) is 12.4 Å². The van der Waals surface area contributed by atoms with Crippen LogP contribution in [0.4, 0.5) is 4.39 Å². The Balaban J connectivity index is 0.000000738. The number of halogens is 1. The summed E-state index contributed by atoms with van der Waals surface area (Å²) in [6.45, 7) is 19.2. The van der Waals surface area contributed by atoms with Gasteiger partial charge in [-0.25, -0.2) is 4.39 Å². The van der Waals surface area contributed by atoms with Crippen molar-refractivity contribution in [2.24, 2.45) is 0 Å². The number of nitrogens with zero attached hydrogens (tertiary/aromatic N) is 2. The molecule has 0 aliphatic carbocycles. The molecule has 0 bridgehead atoms. The summed E-state index contributed by atoms with van der Waals surface area (Å²) in [7, 11) is 7.36. The topological polar surface area (TPSA) is 28.2 Å². The molecule has 195 valence electrons. The van der Waals surface area contributed by atoms with Crippen LogP contribution in [0.25, 0.3) is 0 Å². The molecule has 2 rings (SSSR count). The summed E-state index contributed by atoms with van der Waals surface area (Å²) in [5.41, 5.74) is 7.02. The van der Waals surface area contributed by atoms with E-state index in [4.69, 9.17) is 7.49 Å². The van der Waals surface area contributed by atoms with Crippen molar-refractivity contribution in [3.8, 4) is 0 Å². The Morgan fingerprint density at radius 3 is 2.32 bits per heavy atom. The van der Waals surface area contributed by atoms with Crippen LogP contribution in [0.2, 0.25) is 0 Å². The summed E-state index contributed by atoms with van der Waals surface area (Å²) < 4.78 is 14.2. The van der Waals surface area contributed by atoms with Gasteiger partial charge in [-0.05, 0) is 48.1 Å². The number of aryl methyl sites for hydroxylation is 2. The Labute approximate surface area is 225 Å². The summed E-state index contributed by atoms with van der Waals surface area (Å²) >= 11 is 0. The van der Waals surface area contributed by atoms with Crippen LogP contribution < -0.4 is 5.32 Å². The van der Waals surface area contributed by atoms with Crippen LogP contribution in [0.3, 0.4) is 0 Å². The zero-order valence-corrected chi connectivity index (χ0v) is 23.4. The molecule has 0 fully saturated rings. The van der Waals surface area contributed by atoms with Gasteiger partial charge in [0, 0.05) is 37.3 Å². The van der Waals surface area contributed by atoms with Crippen LogP contribution in [0.15, 0.2) is 97.0 Å². The van der Waals surface area contributed by atoms with Gasteiger partial charge in [-0.1, -0.05) is 51.3 Å². The standard InChI is InChI=1S/C25H32FN3.C7H10B/c1-7-18(3)23(17-29(6)16-22-11-9-21(8-2)10-12-22)20(5)28-15-24-25(26)19(4)13-14-27-24;1-3-4-5-6-7(2)8/h9-14,17,28H,3,5,7-8,15-16H2,1-2,4,6H3;3-6H,1-2H3/b23-17+;4-3-,6-5-. The van der Waals surface area contributed by atoms with E-state index in [0.717, 1.165) is 36.0 Å². The van der Waals surface area contributed by atoms with Crippen molar-refractivity contribution in [1.29, 1.82) is 0 Å². The predicted molar refractivity (Wildman–Crippen MR) is 160 cm³/mol. The molecule has 1 N–H and O–H groups in total. The third-order valence-electron chi connectivity index (χ3n) is 5.63. The van der Waals surface area contributed by atoms with Gasteiger partial charge in [0.15, 0.2) is 0 Å². The van der Waals surface area contributed by atoms with Gasteiger partial charge in [0.1, 0.15) is 5.82 Å². The number of hydrogen-bond acceptors (Lipinski definition) is 3. The van der Waals surface area contributed by atoms with Crippen molar-refractivity contribution < 1.29 is 4.39 Å². The van der Waals surface area contributed by atoms with Crippen molar-refractivity contribution in [3.05, 3.63) is 125 Å². The van der Waals surface area contributed by atoms with Gasteiger partial charge in [-0.2, -0.15) is 0 Å². The van der Waals surface area contributed by atoms with E-state index in [1.54, 1.807) is 19.2 Å². The van der Waals surface area contributed by atoms with Crippen LogP contribution in [0, 0.1) is 12.7 Å². The van der Waals surface area contributed by atoms with Gasteiger partial charge in [-0.3, -0.25) is 4.98 Å². The van der Waals surface area contributed by atoms with Crippen molar-refractivity contribution >= 4 is 13.0 Å². The Morgan fingerprint density at radius 2 is 1.76 bits per heavy atom. The number of benzene rings is 1. The molecule has 1 radical (unpaired) electrons. The first kappa shape index (κ1) is 31.6. The van der Waals surface area contributed by atoms with Crippen LogP contribution in [0.5, 0.6) is 0 Å². The first-order chi connectivity index (χ1) is 17.6. The summed E-state index contributed by atoms with van der Waals surface area (Å²) in [6.07, 6.45) is 13.2. The molecule has 0 saturated heterocycles. The summed E-state index contributed by atoms with van der Waals surface area (Å²) in [5, 5.41) is 3.21. The van der Waals surface area contributed by atoms with Gasteiger partial charge < -0.3 is 10.2 Å². The molecule has 2 aromatic rings. The number of nitrogens with one attached hydrogen (secondary N) is 1. The summed E-state index contributed by atoms with van der Waals surface area (Å²) in [4.78, 5) is 6.26. The Bertz CT molecular complexity index is 1130. The molecule has 0 aliphatic rings. The molecule has 0 unspecified atom stereocenters. The monoisotopic (exact) mass is 498 g/mol. The predicted octanol–water partition coefficient (Wildman–Crippen LogP) is 7.16. The maximum atomic E-state index is 14.2. The van der Waals surface area contributed by atoms with E-state index in [1.165, 1.54) is 11.1 Å². The minimum absolute atomic E-state index is 0.278. The number of allylic oxidation sites excluding steroid dienone is 5. The molecular formula is C32H42BFN3. The van der Waals surface area contributed by atoms with Crippen LogP contribution in [-0.2, 0) is 19.5 Å². The van der Waals surface area contributed by atoms with E-state index in [0.29, 0.717) is 17.0 Å². The second-order valence-electron chi connectivity index (χ2n) is 8.93. The second-order valence-corrected chi connectivity index (χ2v) is 8.93. The van der Waals surface area contributed by atoms with Gasteiger partial charge in [-0.15, -0.1) is 0 Å². The molecular weight excluding hydrogens is 456 g/mol. The fourth-order valence-electron chi connectivity index (χ4n) is 3.33. The Morgan fingerprint density at radius 1 is 1.11 bits per heavy atom. The van der Waals surface area contributed by atoms with Crippen molar-refractivity contribution in [2.45, 2.75) is 60.5 Å². The Kier molecular flexibility index (Phi) is 14.6. The van der Waals surface area contributed by atoms with Gasteiger partial charge >= 0.3 is 51.1 Å². The van der Waals surface area contributed by atoms with Gasteiger partial charge in [0.05, 0.1) is 12.2 Å². The van der Waals surface area contributed by atoms with Crippen molar-refractivity contribution in [1.82, 2.24) is 15.2 Å². The number of hydrogen-bond donors (Lipinski definition) is 1. The maximum absolute atomic E-state index is 14.2. The first-order valence-electron chi connectivity index (χ1n) is 12.7. The van der Waals surface area contributed by atoms with E-state index in [9.17, 15) is 4.39 Å². The van der Waals surface area contributed by atoms with E-state index < -0.39 is 0 Å². The molecule has 0 amide bonds. The SMILES string of the molecule is C=C(CC)/C(=C\N(C)Cc1ccc(CC)cc1)C(=C)NCc1nccc(C)c1F.[B]=C(C)/C=C\C=C/C. The van der Waals surface area contributed by atoms with Gasteiger partial charge in [0.2, 0.25) is 0 Å². The molecule has 0 aliphatic heterocycles. The molecule has 0 spiro atoms. The van der Waals surface area contributed by atoms with Crippen molar-refractivity contribution in [2.75, 3.05) is 7.05 Å². The normalized spacial score (nSPS) is 11.2. The number of pyridine rings is 1. The van der Waals surface area contributed by atoms with Gasteiger partial charge in [0.25, 0.3) is 0 Å². The molecule has 1 aromatic carbocycles. The molecule has 37 heavy (non-hydrogen) atoms. The van der Waals surface area contributed by atoms with Crippen LogP contribution in [-0.4, -0.2) is 29.9 Å². The van der Waals surface area contributed by atoms with E-state index in [2.05, 4.69) is 72.7 Å². The Hall–Kier alpha value is -3.47. The fourth-order valence-corrected chi connectivity index (χ4v) is 3.33. The number of rotatable bonds is 12. The third kappa shape index (κ3) is 11.9. The van der Waals surface area contributed by atoms with Crippen LogP contribution in [0.1, 0.15) is 56.5 Å². The zero-order valence-electron chi connectivity index (χ0n) is 23.4. The first-order valence-corrected chi connectivity index (χ1v) is 12.7. The molecule has 1 aromatic heterocycles. The quantitative estimate of drug-likeness (QED) is 0.249. The molecule has 0 atom stereocenters. The molecule has 5 heteroatoms.